The zero-order valence-electron chi connectivity index (χ0n) is 14.6. The number of anilines is 1. The minimum Gasteiger partial charge on any atom is -0.325 e. The molecule has 0 aliphatic rings. The fourth-order valence-corrected chi connectivity index (χ4v) is 3.39. The van der Waals surface area contributed by atoms with Gasteiger partial charge in [0.15, 0.2) is 5.16 Å². The topological polar surface area (TPSA) is 74.8 Å². The summed E-state index contributed by atoms with van der Waals surface area (Å²) in [5.74, 6) is -0.143. The molecule has 0 saturated carbocycles. The lowest BCUT2D eigenvalue weighted by atomic mass is 10.2. The number of halogens is 1. The van der Waals surface area contributed by atoms with E-state index in [2.05, 4.69) is 15.3 Å². The van der Waals surface area contributed by atoms with Gasteiger partial charge in [-0.3, -0.25) is 9.59 Å². The zero-order chi connectivity index (χ0) is 18.4. The molecule has 1 amide bonds. The van der Waals surface area contributed by atoms with E-state index in [4.69, 9.17) is 11.6 Å². The number of benzene rings is 1. The van der Waals surface area contributed by atoms with Gasteiger partial charge in [-0.25, -0.2) is 4.98 Å². The zero-order valence-corrected chi connectivity index (χ0v) is 16.1. The van der Waals surface area contributed by atoms with E-state index >= 15 is 0 Å². The van der Waals surface area contributed by atoms with Gasteiger partial charge in [0.05, 0.1) is 5.25 Å². The maximum atomic E-state index is 12.5. The Morgan fingerprint density at radius 2 is 2.12 bits per heavy atom. The highest BCUT2D eigenvalue weighted by molar-refractivity contribution is 8.00. The minimum atomic E-state index is -0.361. The molecule has 1 atom stereocenters. The van der Waals surface area contributed by atoms with Crippen molar-refractivity contribution in [3.8, 4) is 0 Å². The van der Waals surface area contributed by atoms with E-state index in [-0.39, 0.29) is 16.7 Å². The average molecular weight is 380 g/mol. The summed E-state index contributed by atoms with van der Waals surface area (Å²) >= 11 is 7.36. The average Bonchev–Trinajstić information content (AvgIpc) is 2.55. The van der Waals surface area contributed by atoms with Crippen molar-refractivity contribution in [2.24, 2.45) is 0 Å². The third-order valence-corrected chi connectivity index (χ3v) is 5.29. The first-order valence-corrected chi connectivity index (χ1v) is 9.52. The van der Waals surface area contributed by atoms with Crippen LogP contribution in [-0.2, 0) is 11.2 Å². The number of nitrogens with one attached hydrogen (secondary N) is 2. The van der Waals surface area contributed by atoms with E-state index in [0.717, 1.165) is 24.1 Å². The van der Waals surface area contributed by atoms with Gasteiger partial charge in [0.2, 0.25) is 5.91 Å². The molecule has 2 aromatic rings. The third-order valence-electron chi connectivity index (χ3n) is 3.64. The summed E-state index contributed by atoms with van der Waals surface area (Å²) in [6, 6.07) is 6.91. The first-order chi connectivity index (χ1) is 11.9. The van der Waals surface area contributed by atoms with Gasteiger partial charge in [0.1, 0.15) is 0 Å². The van der Waals surface area contributed by atoms with Crippen LogP contribution in [0.1, 0.15) is 37.9 Å². The van der Waals surface area contributed by atoms with Crippen LogP contribution in [-0.4, -0.2) is 21.1 Å². The van der Waals surface area contributed by atoms with Gasteiger partial charge < -0.3 is 10.3 Å². The number of aromatic nitrogens is 2. The molecule has 0 bridgehead atoms. The van der Waals surface area contributed by atoms with Crippen molar-refractivity contribution in [1.82, 2.24) is 9.97 Å². The van der Waals surface area contributed by atoms with Crippen molar-refractivity contribution in [2.75, 3.05) is 5.32 Å². The van der Waals surface area contributed by atoms with Crippen molar-refractivity contribution >= 4 is 35.0 Å². The number of carbonyl (C=O) groups excluding carboxylic acids is 1. The summed E-state index contributed by atoms with van der Waals surface area (Å²) < 4.78 is 0. The van der Waals surface area contributed by atoms with Crippen LogP contribution in [0.25, 0.3) is 0 Å². The van der Waals surface area contributed by atoms with E-state index in [9.17, 15) is 9.59 Å². The summed E-state index contributed by atoms with van der Waals surface area (Å²) in [6.45, 7) is 5.86. The molecule has 5 nitrogen and oxygen atoms in total. The Labute approximate surface area is 156 Å². The van der Waals surface area contributed by atoms with E-state index < -0.39 is 0 Å². The Morgan fingerprint density at radius 3 is 2.76 bits per heavy atom. The standard InChI is InChI=1S/C18H22ClN3O2S/c1-4-6-12-10-16(23)22-18(21-12)25-15(5-2)17(24)20-13-8-7-11(3)14(19)9-13/h7-10,15H,4-6H2,1-3H3,(H,20,24)(H,21,22,23). The second-order valence-electron chi connectivity index (χ2n) is 5.76. The molecule has 2 rings (SSSR count). The summed E-state index contributed by atoms with van der Waals surface area (Å²) in [5, 5.41) is 3.59. The van der Waals surface area contributed by atoms with E-state index in [1.807, 2.05) is 32.9 Å². The SMILES string of the molecule is CCCc1cc(=O)[nH]c(SC(CC)C(=O)Nc2ccc(C)c(Cl)c2)n1. The number of hydrogen-bond acceptors (Lipinski definition) is 4. The van der Waals surface area contributed by atoms with Crippen molar-refractivity contribution < 1.29 is 4.79 Å². The van der Waals surface area contributed by atoms with Crippen molar-refractivity contribution in [1.29, 1.82) is 0 Å². The van der Waals surface area contributed by atoms with Gasteiger partial charge in [-0.1, -0.05) is 49.7 Å². The molecular formula is C18H22ClN3O2S. The second kappa shape index (κ2) is 9.06. The number of hydrogen-bond donors (Lipinski definition) is 2. The van der Waals surface area contributed by atoms with Gasteiger partial charge in [-0.2, -0.15) is 0 Å². The van der Waals surface area contributed by atoms with E-state index in [1.54, 1.807) is 6.07 Å². The fraction of sp³-hybridized carbons (Fsp3) is 0.389. The molecule has 25 heavy (non-hydrogen) atoms. The number of nitrogens with zero attached hydrogens (tertiary/aromatic N) is 1. The molecular weight excluding hydrogens is 358 g/mol. The molecule has 7 heteroatoms. The monoisotopic (exact) mass is 379 g/mol. The summed E-state index contributed by atoms with van der Waals surface area (Å²) in [7, 11) is 0. The third kappa shape index (κ3) is 5.61. The Hall–Kier alpha value is -1.79. The number of carbonyl (C=O) groups is 1. The van der Waals surface area contributed by atoms with Crippen LogP contribution in [0.15, 0.2) is 34.2 Å². The van der Waals surface area contributed by atoms with Crippen molar-refractivity contribution in [2.45, 2.75) is 50.4 Å². The summed E-state index contributed by atoms with van der Waals surface area (Å²) in [5.41, 5.74) is 2.16. The molecule has 1 heterocycles. The molecule has 0 radical (unpaired) electrons. The molecule has 1 aromatic heterocycles. The Balaban J connectivity index is 2.12. The molecule has 1 aromatic carbocycles. The highest BCUT2D eigenvalue weighted by Crippen LogP contribution is 2.25. The lowest BCUT2D eigenvalue weighted by Crippen LogP contribution is -2.25. The van der Waals surface area contributed by atoms with Crippen molar-refractivity contribution in [3.05, 3.63) is 50.9 Å². The maximum Gasteiger partial charge on any atom is 0.251 e. The first kappa shape index (κ1) is 19.5. The molecule has 0 fully saturated rings. The van der Waals surface area contributed by atoms with E-state index in [1.165, 1.54) is 17.8 Å². The predicted molar refractivity (Wildman–Crippen MR) is 104 cm³/mol. The molecule has 0 aliphatic heterocycles. The Bertz CT molecular complexity index is 807. The van der Waals surface area contributed by atoms with Crippen LogP contribution in [0, 0.1) is 6.92 Å². The van der Waals surface area contributed by atoms with Gasteiger partial charge in [-0.15, -0.1) is 0 Å². The molecule has 0 aliphatic carbocycles. The number of rotatable bonds is 7. The Kier molecular flexibility index (Phi) is 7.08. The number of H-pyrrole nitrogens is 1. The van der Waals surface area contributed by atoms with Gasteiger partial charge in [0, 0.05) is 22.5 Å². The quantitative estimate of drug-likeness (QED) is 0.558. The molecule has 2 N–H and O–H groups in total. The molecule has 134 valence electrons. The highest BCUT2D eigenvalue weighted by Gasteiger charge is 2.20. The minimum absolute atomic E-state index is 0.143. The second-order valence-corrected chi connectivity index (χ2v) is 7.36. The molecule has 0 spiro atoms. The molecule has 1 unspecified atom stereocenters. The van der Waals surface area contributed by atoms with Crippen molar-refractivity contribution in [3.63, 3.8) is 0 Å². The smallest absolute Gasteiger partial charge is 0.251 e. The number of aromatic amines is 1. The summed E-state index contributed by atoms with van der Waals surface area (Å²) in [6.07, 6.45) is 2.26. The van der Waals surface area contributed by atoms with Crippen LogP contribution < -0.4 is 10.9 Å². The largest absolute Gasteiger partial charge is 0.325 e. The van der Waals surface area contributed by atoms with Crippen LogP contribution in [0.2, 0.25) is 5.02 Å². The Morgan fingerprint density at radius 1 is 1.36 bits per heavy atom. The lowest BCUT2D eigenvalue weighted by molar-refractivity contribution is -0.115. The molecule has 0 saturated heterocycles. The number of aryl methyl sites for hydroxylation is 2. The maximum absolute atomic E-state index is 12.5. The summed E-state index contributed by atoms with van der Waals surface area (Å²) in [4.78, 5) is 31.4. The first-order valence-electron chi connectivity index (χ1n) is 8.26. The fourth-order valence-electron chi connectivity index (χ4n) is 2.27. The lowest BCUT2D eigenvalue weighted by Gasteiger charge is -2.15. The van der Waals surface area contributed by atoms with Crippen LogP contribution in [0.4, 0.5) is 5.69 Å². The number of amides is 1. The van der Waals surface area contributed by atoms with Gasteiger partial charge >= 0.3 is 0 Å². The van der Waals surface area contributed by atoms with Crippen LogP contribution in [0.5, 0.6) is 0 Å². The van der Waals surface area contributed by atoms with Crippen LogP contribution >= 0.6 is 23.4 Å². The predicted octanol–water partition coefficient (Wildman–Crippen LogP) is 4.19. The van der Waals surface area contributed by atoms with E-state index in [0.29, 0.717) is 22.3 Å². The van der Waals surface area contributed by atoms with Crippen LogP contribution in [0.3, 0.4) is 0 Å². The number of thioether (sulfide) groups is 1. The van der Waals surface area contributed by atoms with Gasteiger partial charge in [0.25, 0.3) is 5.56 Å². The normalized spacial score (nSPS) is 12.0. The van der Waals surface area contributed by atoms with Gasteiger partial charge in [-0.05, 0) is 37.5 Å². The highest BCUT2D eigenvalue weighted by atomic mass is 35.5.